The van der Waals surface area contributed by atoms with E-state index < -0.39 is 6.10 Å². The van der Waals surface area contributed by atoms with Gasteiger partial charge < -0.3 is 34.1 Å². The van der Waals surface area contributed by atoms with E-state index in [2.05, 4.69) is 5.32 Å². The summed E-state index contributed by atoms with van der Waals surface area (Å²) in [5.74, 6) is 2.49. The van der Waals surface area contributed by atoms with Crippen LogP contribution >= 0.6 is 0 Å². The highest BCUT2D eigenvalue weighted by Gasteiger charge is 2.16. The van der Waals surface area contributed by atoms with E-state index in [1.807, 2.05) is 0 Å². The summed E-state index contributed by atoms with van der Waals surface area (Å²) >= 11 is 0. The second-order valence-corrected chi connectivity index (χ2v) is 6.50. The second kappa shape index (κ2) is 9.89. The van der Waals surface area contributed by atoms with Gasteiger partial charge in [0.1, 0.15) is 0 Å². The third kappa shape index (κ3) is 4.96. The Hall–Kier alpha value is -3.39. The number of ether oxygens (including phenoxy) is 5. The van der Waals surface area contributed by atoms with E-state index in [1.165, 1.54) is 27.4 Å². The number of hydrogen-bond acceptors (Lipinski definition) is 7. The molecule has 2 aromatic carbocycles. The number of nitrogens with one attached hydrogen (secondary N) is 1. The Morgan fingerprint density at radius 2 is 1.80 bits per heavy atom. The van der Waals surface area contributed by atoms with Gasteiger partial charge in [-0.05, 0) is 47.9 Å². The van der Waals surface area contributed by atoms with Crippen molar-refractivity contribution in [2.45, 2.75) is 12.5 Å². The van der Waals surface area contributed by atoms with Crippen LogP contribution in [0, 0.1) is 0 Å². The predicted octanol–water partition coefficient (Wildman–Crippen LogP) is 2.69. The minimum absolute atomic E-state index is 0.184. The van der Waals surface area contributed by atoms with Gasteiger partial charge in [-0.15, -0.1) is 0 Å². The molecule has 8 nitrogen and oxygen atoms in total. The highest BCUT2D eigenvalue weighted by Crippen LogP contribution is 2.38. The zero-order chi connectivity index (χ0) is 21.5. The van der Waals surface area contributed by atoms with Gasteiger partial charge in [-0.25, -0.2) is 0 Å². The van der Waals surface area contributed by atoms with Crippen molar-refractivity contribution in [2.24, 2.45) is 0 Å². The lowest BCUT2D eigenvalue weighted by atomic mass is 10.1. The van der Waals surface area contributed by atoms with Crippen LogP contribution in [0.3, 0.4) is 0 Å². The first kappa shape index (κ1) is 21.3. The number of hydrogen-bond donors (Lipinski definition) is 2. The van der Waals surface area contributed by atoms with Crippen LogP contribution in [0.15, 0.2) is 36.4 Å². The largest absolute Gasteiger partial charge is 0.493 e. The van der Waals surface area contributed by atoms with Gasteiger partial charge >= 0.3 is 0 Å². The third-order valence-corrected chi connectivity index (χ3v) is 4.61. The van der Waals surface area contributed by atoms with Crippen LogP contribution < -0.4 is 29.0 Å². The molecule has 1 atom stereocenters. The molecular formula is C22H25NO7. The van der Waals surface area contributed by atoms with Gasteiger partial charge in [0.05, 0.1) is 27.4 Å². The fourth-order valence-corrected chi connectivity index (χ4v) is 3.05. The molecule has 0 saturated carbocycles. The molecule has 3 rings (SSSR count). The number of aliphatic hydroxyl groups excluding tert-OH is 1. The normalized spacial score (nSPS) is 13.2. The summed E-state index contributed by atoms with van der Waals surface area (Å²) in [5, 5.41) is 13.1. The molecule has 1 aliphatic rings. The number of carbonyl (C=O) groups is 1. The maximum atomic E-state index is 12.1. The second-order valence-electron chi connectivity index (χ2n) is 6.50. The summed E-state index contributed by atoms with van der Waals surface area (Å²) < 4.78 is 26.5. The van der Waals surface area contributed by atoms with Crippen molar-refractivity contribution in [1.82, 2.24) is 5.32 Å². The minimum atomic E-state index is -0.723. The van der Waals surface area contributed by atoms with Gasteiger partial charge in [-0.3, -0.25) is 4.79 Å². The monoisotopic (exact) mass is 415 g/mol. The standard InChI is InChI=1S/C22H25NO7/c1-26-19-10-14(11-20(27-2)22(19)28-3)4-7-21(25)23-9-8-16(24)15-5-6-17-18(12-15)30-13-29-17/h4-7,10-12,16,24H,8-9,13H2,1-3H3,(H,23,25)/b7-4+. The van der Waals surface area contributed by atoms with E-state index >= 15 is 0 Å². The van der Waals surface area contributed by atoms with Crippen molar-refractivity contribution < 1.29 is 33.6 Å². The van der Waals surface area contributed by atoms with Crippen LogP contribution in [0.4, 0.5) is 0 Å². The first-order chi connectivity index (χ1) is 14.5. The molecule has 0 saturated heterocycles. The number of rotatable bonds is 9. The lowest BCUT2D eigenvalue weighted by Crippen LogP contribution is -2.23. The van der Waals surface area contributed by atoms with E-state index in [0.717, 1.165) is 5.56 Å². The number of benzene rings is 2. The average Bonchev–Trinajstić information content (AvgIpc) is 3.24. The molecule has 0 aromatic heterocycles. The van der Waals surface area contributed by atoms with E-state index in [0.29, 0.717) is 47.3 Å². The lowest BCUT2D eigenvalue weighted by molar-refractivity contribution is -0.116. The number of amides is 1. The first-order valence-electron chi connectivity index (χ1n) is 9.39. The Morgan fingerprint density at radius 3 is 2.47 bits per heavy atom. The molecule has 1 aliphatic heterocycles. The Bertz CT molecular complexity index is 901. The van der Waals surface area contributed by atoms with Gasteiger partial charge in [0.25, 0.3) is 0 Å². The Morgan fingerprint density at radius 1 is 1.10 bits per heavy atom. The lowest BCUT2D eigenvalue weighted by Gasteiger charge is -2.13. The molecule has 2 N–H and O–H groups in total. The third-order valence-electron chi connectivity index (χ3n) is 4.61. The maximum absolute atomic E-state index is 12.1. The van der Waals surface area contributed by atoms with Crippen molar-refractivity contribution in [3.63, 3.8) is 0 Å². The van der Waals surface area contributed by atoms with Crippen LogP contribution in [0.5, 0.6) is 28.7 Å². The van der Waals surface area contributed by atoms with Crippen LogP contribution in [0.2, 0.25) is 0 Å². The van der Waals surface area contributed by atoms with Crippen molar-refractivity contribution in [1.29, 1.82) is 0 Å². The Labute approximate surface area is 175 Å². The zero-order valence-electron chi connectivity index (χ0n) is 17.1. The minimum Gasteiger partial charge on any atom is -0.493 e. The van der Waals surface area contributed by atoms with Crippen molar-refractivity contribution in [2.75, 3.05) is 34.7 Å². The van der Waals surface area contributed by atoms with E-state index in [-0.39, 0.29) is 12.7 Å². The molecule has 1 unspecified atom stereocenters. The molecule has 0 radical (unpaired) electrons. The van der Waals surface area contributed by atoms with E-state index in [4.69, 9.17) is 23.7 Å². The molecule has 0 spiro atoms. The molecule has 1 heterocycles. The maximum Gasteiger partial charge on any atom is 0.244 e. The fourth-order valence-electron chi connectivity index (χ4n) is 3.05. The number of carbonyl (C=O) groups excluding carboxylic acids is 1. The van der Waals surface area contributed by atoms with Crippen LogP contribution in [-0.2, 0) is 4.79 Å². The van der Waals surface area contributed by atoms with Gasteiger partial charge in [0, 0.05) is 12.6 Å². The number of aliphatic hydroxyl groups is 1. The highest BCUT2D eigenvalue weighted by molar-refractivity contribution is 5.91. The quantitative estimate of drug-likeness (QED) is 0.608. The molecule has 30 heavy (non-hydrogen) atoms. The summed E-state index contributed by atoms with van der Waals surface area (Å²) in [5.41, 5.74) is 1.43. The zero-order valence-corrected chi connectivity index (χ0v) is 17.1. The first-order valence-corrected chi connectivity index (χ1v) is 9.39. The summed E-state index contributed by atoms with van der Waals surface area (Å²) in [6, 6.07) is 8.78. The summed E-state index contributed by atoms with van der Waals surface area (Å²) in [6.45, 7) is 0.497. The predicted molar refractivity (Wildman–Crippen MR) is 110 cm³/mol. The molecule has 2 aromatic rings. The van der Waals surface area contributed by atoms with Crippen molar-refractivity contribution in [3.05, 3.63) is 47.5 Å². The van der Waals surface area contributed by atoms with Gasteiger partial charge in [-0.1, -0.05) is 6.07 Å². The molecule has 0 bridgehead atoms. The van der Waals surface area contributed by atoms with Crippen LogP contribution in [-0.4, -0.2) is 45.7 Å². The summed E-state index contributed by atoms with van der Waals surface area (Å²) in [7, 11) is 4.59. The van der Waals surface area contributed by atoms with Gasteiger partial charge in [-0.2, -0.15) is 0 Å². The molecule has 0 fully saturated rings. The summed E-state index contributed by atoms with van der Waals surface area (Å²) in [4.78, 5) is 12.1. The highest BCUT2D eigenvalue weighted by atomic mass is 16.7. The van der Waals surface area contributed by atoms with E-state index in [9.17, 15) is 9.90 Å². The summed E-state index contributed by atoms with van der Waals surface area (Å²) in [6.07, 6.45) is 2.70. The molecule has 0 aliphatic carbocycles. The average molecular weight is 415 g/mol. The SMILES string of the molecule is COc1cc(/C=C/C(=O)NCCC(O)c2ccc3c(c2)OCO3)cc(OC)c1OC. The Balaban J connectivity index is 1.54. The molecular weight excluding hydrogens is 390 g/mol. The molecule has 160 valence electrons. The molecule has 1 amide bonds. The smallest absolute Gasteiger partial charge is 0.244 e. The van der Waals surface area contributed by atoms with Crippen LogP contribution in [0.25, 0.3) is 6.08 Å². The van der Waals surface area contributed by atoms with E-state index in [1.54, 1.807) is 36.4 Å². The topological polar surface area (TPSA) is 95.5 Å². The molecule has 8 heteroatoms. The number of fused-ring (bicyclic) bond motifs is 1. The number of methoxy groups -OCH3 is 3. The van der Waals surface area contributed by atoms with Crippen LogP contribution in [0.1, 0.15) is 23.7 Å². The Kier molecular flexibility index (Phi) is 7.03. The van der Waals surface area contributed by atoms with Crippen molar-refractivity contribution in [3.8, 4) is 28.7 Å². The van der Waals surface area contributed by atoms with Gasteiger partial charge in [0.2, 0.25) is 18.4 Å². The fraction of sp³-hybridized carbons (Fsp3) is 0.318. The van der Waals surface area contributed by atoms with Gasteiger partial charge in [0.15, 0.2) is 23.0 Å². The van der Waals surface area contributed by atoms with Crippen molar-refractivity contribution >= 4 is 12.0 Å².